The fourth-order valence-corrected chi connectivity index (χ4v) is 4.05. The maximum Gasteiger partial charge on any atom is 0.345 e. The summed E-state index contributed by atoms with van der Waals surface area (Å²) in [5.74, 6) is 0.373. The lowest BCUT2D eigenvalue weighted by Crippen LogP contribution is -2.11. The Kier molecular flexibility index (Phi) is 8.86. The number of carbonyl (C=O) groups excluding carboxylic acids is 1. The third kappa shape index (κ3) is 5.83. The van der Waals surface area contributed by atoms with Gasteiger partial charge in [0.15, 0.2) is 23.0 Å². The molecule has 0 aliphatic carbocycles. The van der Waals surface area contributed by atoms with Crippen LogP contribution in [-0.4, -0.2) is 44.3 Å². The summed E-state index contributed by atoms with van der Waals surface area (Å²) in [6, 6.07) is 9.45. The van der Waals surface area contributed by atoms with Crippen LogP contribution in [0.3, 0.4) is 0 Å². The van der Waals surface area contributed by atoms with Gasteiger partial charge in [-0.25, -0.2) is 4.79 Å². The maximum absolute atomic E-state index is 13.0. The van der Waals surface area contributed by atoms with Gasteiger partial charge in [0.05, 0.1) is 60.0 Å². The number of nitro benzene ring substituents is 2. The molecule has 0 unspecified atom stereocenters. The molecule has 3 rings (SSSR count). The predicted molar refractivity (Wildman–Crippen MR) is 140 cm³/mol. The average Bonchev–Trinajstić information content (AvgIpc) is 2.91. The molecule has 13 heteroatoms. The van der Waals surface area contributed by atoms with Gasteiger partial charge in [0.1, 0.15) is 0 Å². The molecule has 0 saturated carbocycles. The van der Waals surface area contributed by atoms with E-state index in [1.165, 1.54) is 58.8 Å². The molecule has 0 N–H and O–H groups in total. The Morgan fingerprint density at radius 1 is 0.789 bits per heavy atom. The van der Waals surface area contributed by atoms with E-state index in [1.807, 2.05) is 0 Å². The van der Waals surface area contributed by atoms with Gasteiger partial charge in [0.25, 0.3) is 11.4 Å². The minimum absolute atomic E-state index is 0.107. The Morgan fingerprint density at radius 2 is 1.47 bits per heavy atom. The number of halogens is 1. The quantitative estimate of drug-likeness (QED) is 0.0949. The molecule has 3 aromatic carbocycles. The van der Waals surface area contributed by atoms with E-state index in [-0.39, 0.29) is 39.8 Å². The Morgan fingerprint density at radius 3 is 2.05 bits per heavy atom. The molecule has 0 heterocycles. The first-order chi connectivity index (χ1) is 18.1. The third-order valence-electron chi connectivity index (χ3n) is 5.26. The molecule has 0 aliphatic rings. The first-order valence-corrected chi connectivity index (χ1v) is 11.4. The Bertz CT molecular complexity index is 1440. The molecule has 0 fully saturated rings. The van der Waals surface area contributed by atoms with Gasteiger partial charge in [0, 0.05) is 6.07 Å². The zero-order valence-electron chi connectivity index (χ0n) is 20.6. The topological polar surface area (TPSA) is 149 Å². The van der Waals surface area contributed by atoms with Crippen LogP contribution >= 0.6 is 15.9 Å². The fourth-order valence-electron chi connectivity index (χ4n) is 3.43. The van der Waals surface area contributed by atoms with Crippen molar-refractivity contribution in [3.63, 3.8) is 0 Å². The lowest BCUT2D eigenvalue weighted by atomic mass is 10.1. The van der Waals surface area contributed by atoms with Crippen molar-refractivity contribution in [3.05, 3.63) is 83.9 Å². The second-order valence-electron chi connectivity index (χ2n) is 7.40. The zero-order chi connectivity index (χ0) is 28.0. The number of rotatable bonds is 10. The summed E-state index contributed by atoms with van der Waals surface area (Å²) in [7, 11) is 5.65. The molecule has 3 aromatic rings. The van der Waals surface area contributed by atoms with Crippen molar-refractivity contribution in [2.45, 2.75) is 0 Å². The van der Waals surface area contributed by atoms with E-state index < -0.39 is 21.5 Å². The molecule has 0 amide bonds. The molecule has 0 atom stereocenters. The van der Waals surface area contributed by atoms with Crippen LogP contribution in [0, 0.1) is 20.2 Å². The number of hydrogen-bond acceptors (Lipinski definition) is 10. The normalized spacial score (nSPS) is 10.7. The minimum Gasteiger partial charge on any atom is -0.493 e. The van der Waals surface area contributed by atoms with Crippen LogP contribution in [0.5, 0.6) is 28.7 Å². The van der Waals surface area contributed by atoms with Crippen molar-refractivity contribution in [3.8, 4) is 28.7 Å². The van der Waals surface area contributed by atoms with Gasteiger partial charge in [0.2, 0.25) is 5.75 Å². The standard InChI is InChI=1S/C25H21BrN2O10/c1-34-20-11-14(5-7-15-8-9-16(27(30)31)12-18(15)28(32)33)6-10-19(20)38-25(29)17-13-21(35-2)23(36-3)24(37-4)22(17)26/h5-13H,1-4H3. The summed E-state index contributed by atoms with van der Waals surface area (Å²) >= 11 is 3.34. The number of non-ortho nitro benzene ring substituents is 1. The number of benzene rings is 3. The van der Waals surface area contributed by atoms with Crippen LogP contribution in [0.4, 0.5) is 11.4 Å². The van der Waals surface area contributed by atoms with Crippen molar-refractivity contribution in [2.75, 3.05) is 28.4 Å². The second kappa shape index (κ2) is 12.1. The van der Waals surface area contributed by atoms with Crippen molar-refractivity contribution in [1.82, 2.24) is 0 Å². The van der Waals surface area contributed by atoms with E-state index in [1.54, 1.807) is 18.2 Å². The third-order valence-corrected chi connectivity index (χ3v) is 6.04. The van der Waals surface area contributed by atoms with E-state index in [0.717, 1.165) is 6.07 Å². The molecule has 198 valence electrons. The van der Waals surface area contributed by atoms with Crippen LogP contribution in [0.1, 0.15) is 21.5 Å². The highest BCUT2D eigenvalue weighted by atomic mass is 79.9. The summed E-state index contributed by atoms with van der Waals surface area (Å²) < 4.78 is 27.2. The maximum atomic E-state index is 13.0. The number of ether oxygens (including phenoxy) is 5. The number of carbonyl (C=O) groups is 1. The van der Waals surface area contributed by atoms with Gasteiger partial charge in [-0.1, -0.05) is 12.1 Å². The van der Waals surface area contributed by atoms with Gasteiger partial charge in [-0.2, -0.15) is 0 Å². The van der Waals surface area contributed by atoms with Crippen LogP contribution < -0.4 is 23.7 Å². The first kappa shape index (κ1) is 27.9. The van der Waals surface area contributed by atoms with E-state index in [2.05, 4.69) is 15.9 Å². The smallest absolute Gasteiger partial charge is 0.345 e. The molecular formula is C25H21BrN2O10. The van der Waals surface area contributed by atoms with E-state index in [0.29, 0.717) is 15.8 Å². The first-order valence-electron chi connectivity index (χ1n) is 10.6. The van der Waals surface area contributed by atoms with Crippen molar-refractivity contribution in [2.24, 2.45) is 0 Å². The highest BCUT2D eigenvalue weighted by molar-refractivity contribution is 9.10. The van der Waals surface area contributed by atoms with E-state index in [9.17, 15) is 25.0 Å². The van der Waals surface area contributed by atoms with Gasteiger partial charge in [-0.05, 0) is 51.8 Å². The lowest BCUT2D eigenvalue weighted by molar-refractivity contribution is -0.394. The highest BCUT2D eigenvalue weighted by Crippen LogP contribution is 2.45. The van der Waals surface area contributed by atoms with Crippen molar-refractivity contribution < 1.29 is 38.3 Å². The molecule has 0 saturated heterocycles. The van der Waals surface area contributed by atoms with Gasteiger partial charge in [-0.15, -0.1) is 0 Å². The number of methoxy groups -OCH3 is 4. The summed E-state index contributed by atoms with van der Waals surface area (Å²) in [6.07, 6.45) is 2.99. The fraction of sp³-hybridized carbons (Fsp3) is 0.160. The molecule has 38 heavy (non-hydrogen) atoms. The highest BCUT2D eigenvalue weighted by Gasteiger charge is 2.25. The molecule has 0 bridgehead atoms. The number of nitrogens with zero attached hydrogens (tertiary/aromatic N) is 2. The molecule has 0 spiro atoms. The number of hydrogen-bond donors (Lipinski definition) is 0. The van der Waals surface area contributed by atoms with Crippen LogP contribution in [0.15, 0.2) is 46.9 Å². The second-order valence-corrected chi connectivity index (χ2v) is 8.19. The number of nitro groups is 2. The minimum atomic E-state index is -0.737. The number of esters is 1. The van der Waals surface area contributed by atoms with Crippen molar-refractivity contribution in [1.29, 1.82) is 0 Å². The molecule has 0 aromatic heterocycles. The largest absolute Gasteiger partial charge is 0.493 e. The van der Waals surface area contributed by atoms with Gasteiger partial charge in [-0.3, -0.25) is 20.2 Å². The summed E-state index contributed by atoms with van der Waals surface area (Å²) in [4.78, 5) is 33.9. The monoisotopic (exact) mass is 588 g/mol. The summed E-state index contributed by atoms with van der Waals surface area (Å²) in [5.41, 5.74) is 0.0332. The van der Waals surface area contributed by atoms with Crippen LogP contribution in [0.25, 0.3) is 12.2 Å². The summed E-state index contributed by atoms with van der Waals surface area (Å²) in [6.45, 7) is 0. The molecule has 0 aliphatic heterocycles. The van der Waals surface area contributed by atoms with Crippen molar-refractivity contribution >= 4 is 45.4 Å². The zero-order valence-corrected chi connectivity index (χ0v) is 22.1. The Balaban J connectivity index is 1.91. The van der Waals surface area contributed by atoms with E-state index >= 15 is 0 Å². The predicted octanol–water partition coefficient (Wildman–Crippen LogP) is 5.69. The van der Waals surface area contributed by atoms with E-state index in [4.69, 9.17) is 23.7 Å². The average molecular weight is 589 g/mol. The SMILES string of the molecule is COc1cc(C=Cc2ccc([N+](=O)[O-])cc2[N+](=O)[O-])ccc1OC(=O)c1cc(OC)c(OC)c(OC)c1Br. The Hall–Kier alpha value is -4.65. The molecule has 0 radical (unpaired) electrons. The van der Waals surface area contributed by atoms with Crippen LogP contribution in [0.2, 0.25) is 0 Å². The lowest BCUT2D eigenvalue weighted by Gasteiger charge is -2.16. The van der Waals surface area contributed by atoms with Gasteiger partial charge < -0.3 is 23.7 Å². The molecular weight excluding hydrogens is 568 g/mol. The van der Waals surface area contributed by atoms with Gasteiger partial charge >= 0.3 is 5.97 Å². The van der Waals surface area contributed by atoms with Crippen LogP contribution in [-0.2, 0) is 0 Å². The Labute approximate surface area is 224 Å². The summed E-state index contributed by atoms with van der Waals surface area (Å²) in [5, 5.41) is 22.3. The molecule has 12 nitrogen and oxygen atoms in total.